The van der Waals surface area contributed by atoms with Gasteiger partial charge in [-0.1, -0.05) is 12.1 Å². The highest BCUT2D eigenvalue weighted by molar-refractivity contribution is 7.89. The summed E-state index contributed by atoms with van der Waals surface area (Å²) in [7, 11) is 1.54. The molecule has 1 amide bonds. The summed E-state index contributed by atoms with van der Waals surface area (Å²) in [4.78, 5) is 18.1. The first kappa shape index (κ1) is 19.0. The molecule has 0 unspecified atom stereocenters. The topological polar surface area (TPSA) is 82.6 Å². The molecule has 0 aliphatic heterocycles. The third kappa shape index (κ3) is 5.35. The van der Waals surface area contributed by atoms with Crippen molar-refractivity contribution in [1.82, 2.24) is 14.2 Å². The van der Waals surface area contributed by atoms with Crippen LogP contribution in [-0.4, -0.2) is 56.2 Å². The van der Waals surface area contributed by atoms with Crippen molar-refractivity contribution >= 4 is 21.6 Å². The molecule has 134 valence electrons. The van der Waals surface area contributed by atoms with E-state index in [1.807, 2.05) is 37.2 Å². The summed E-state index contributed by atoms with van der Waals surface area (Å²) in [6, 6.07) is 10.4. The van der Waals surface area contributed by atoms with E-state index in [1.165, 1.54) is 31.6 Å². The minimum absolute atomic E-state index is 0.0540. The molecule has 1 aromatic heterocycles. The minimum atomic E-state index is -3.75. The molecule has 1 N–H and O–H groups in total. The molecule has 7 nitrogen and oxygen atoms in total. The number of amides is 1. The van der Waals surface area contributed by atoms with E-state index in [4.69, 9.17) is 0 Å². The van der Waals surface area contributed by atoms with Crippen molar-refractivity contribution in [2.75, 3.05) is 33.0 Å². The van der Waals surface area contributed by atoms with Crippen molar-refractivity contribution in [3.8, 4) is 0 Å². The van der Waals surface area contributed by atoms with E-state index in [2.05, 4.69) is 10.3 Å². The molecule has 0 spiro atoms. The van der Waals surface area contributed by atoms with Gasteiger partial charge in [0.25, 0.3) is 0 Å². The third-order valence-corrected chi connectivity index (χ3v) is 5.21. The molecule has 1 heterocycles. The van der Waals surface area contributed by atoms with Gasteiger partial charge in [-0.15, -0.1) is 0 Å². The van der Waals surface area contributed by atoms with Crippen LogP contribution in [0.5, 0.6) is 0 Å². The summed E-state index contributed by atoms with van der Waals surface area (Å²) < 4.78 is 25.8. The van der Waals surface area contributed by atoms with Gasteiger partial charge in [0.2, 0.25) is 15.9 Å². The number of carbonyl (C=O) groups is 1. The second-order valence-electron chi connectivity index (χ2n) is 5.94. The number of carbonyl (C=O) groups excluding carboxylic acids is 1. The van der Waals surface area contributed by atoms with Crippen LogP contribution in [0.25, 0.3) is 0 Å². The molecule has 2 aromatic rings. The maximum Gasteiger partial charge on any atom is 0.244 e. The van der Waals surface area contributed by atoms with Gasteiger partial charge in [-0.2, -0.15) is 4.31 Å². The number of benzene rings is 1. The molecular weight excluding hydrogens is 340 g/mol. The maximum absolute atomic E-state index is 12.4. The lowest BCUT2D eigenvalue weighted by molar-refractivity contribution is -0.116. The molecule has 25 heavy (non-hydrogen) atoms. The Morgan fingerprint density at radius 3 is 2.56 bits per heavy atom. The van der Waals surface area contributed by atoms with Crippen molar-refractivity contribution in [1.29, 1.82) is 0 Å². The van der Waals surface area contributed by atoms with Crippen LogP contribution in [0, 0.1) is 0 Å². The van der Waals surface area contributed by atoms with Crippen molar-refractivity contribution in [2.24, 2.45) is 0 Å². The van der Waals surface area contributed by atoms with Gasteiger partial charge < -0.3 is 10.2 Å². The molecule has 0 saturated carbocycles. The molecular formula is C17H22N4O3S. The minimum Gasteiger partial charge on any atom is -0.325 e. The number of sulfonamides is 1. The van der Waals surface area contributed by atoms with Gasteiger partial charge in [0, 0.05) is 31.7 Å². The average molecular weight is 362 g/mol. The molecule has 0 fully saturated rings. The van der Waals surface area contributed by atoms with Crippen molar-refractivity contribution in [3.63, 3.8) is 0 Å². The second-order valence-corrected chi connectivity index (χ2v) is 7.98. The van der Waals surface area contributed by atoms with Crippen LogP contribution in [0.2, 0.25) is 0 Å². The van der Waals surface area contributed by atoms with Gasteiger partial charge in [0.1, 0.15) is 4.90 Å². The van der Waals surface area contributed by atoms with Gasteiger partial charge in [0.05, 0.1) is 6.54 Å². The largest absolute Gasteiger partial charge is 0.325 e. The fourth-order valence-electron chi connectivity index (χ4n) is 2.28. The van der Waals surface area contributed by atoms with Crippen molar-refractivity contribution in [3.05, 3.63) is 54.4 Å². The molecule has 1 aromatic carbocycles. The highest BCUT2D eigenvalue weighted by atomic mass is 32.2. The van der Waals surface area contributed by atoms with Crippen LogP contribution in [0.4, 0.5) is 5.69 Å². The Labute approximate surface area is 148 Å². The van der Waals surface area contributed by atoms with Crippen LogP contribution in [0.3, 0.4) is 0 Å². The standard InChI is InChI=1S/C17H22N4O3S/c1-20(2)12-14-6-4-7-15(10-14)19-17(22)13-21(3)25(23,24)16-8-5-9-18-11-16/h4-11H,12-13H2,1-3H3,(H,19,22). The number of likely N-dealkylation sites (N-methyl/N-ethyl adjacent to an activating group) is 1. The van der Waals surface area contributed by atoms with E-state index in [0.29, 0.717) is 5.69 Å². The normalized spacial score (nSPS) is 11.7. The van der Waals surface area contributed by atoms with Crippen LogP contribution >= 0.6 is 0 Å². The average Bonchev–Trinajstić information content (AvgIpc) is 2.55. The third-order valence-electron chi connectivity index (χ3n) is 3.42. The predicted molar refractivity (Wildman–Crippen MR) is 96.5 cm³/mol. The molecule has 0 aliphatic carbocycles. The summed E-state index contributed by atoms with van der Waals surface area (Å²) in [5.41, 5.74) is 1.69. The van der Waals surface area contributed by atoms with Gasteiger partial charge in [-0.3, -0.25) is 9.78 Å². The van der Waals surface area contributed by atoms with Crippen LogP contribution in [-0.2, 0) is 21.4 Å². The molecule has 0 saturated heterocycles. The first-order valence-electron chi connectivity index (χ1n) is 7.69. The van der Waals surface area contributed by atoms with Crippen molar-refractivity contribution < 1.29 is 13.2 Å². The monoisotopic (exact) mass is 362 g/mol. The Morgan fingerprint density at radius 2 is 1.92 bits per heavy atom. The lowest BCUT2D eigenvalue weighted by Gasteiger charge is -2.17. The van der Waals surface area contributed by atoms with E-state index in [9.17, 15) is 13.2 Å². The maximum atomic E-state index is 12.4. The van der Waals surface area contributed by atoms with Crippen LogP contribution < -0.4 is 5.32 Å². The smallest absolute Gasteiger partial charge is 0.244 e. The Balaban J connectivity index is 2.02. The van der Waals surface area contributed by atoms with Gasteiger partial charge >= 0.3 is 0 Å². The quantitative estimate of drug-likeness (QED) is 0.805. The summed E-state index contributed by atoms with van der Waals surface area (Å²) in [6.07, 6.45) is 2.75. The predicted octanol–water partition coefficient (Wildman–Crippen LogP) is 1.40. The molecule has 0 aliphatic rings. The zero-order chi connectivity index (χ0) is 18.4. The first-order valence-corrected chi connectivity index (χ1v) is 9.13. The van der Waals surface area contributed by atoms with E-state index >= 15 is 0 Å². The number of nitrogens with zero attached hydrogens (tertiary/aromatic N) is 3. The van der Waals surface area contributed by atoms with E-state index in [0.717, 1.165) is 16.4 Å². The summed E-state index contributed by atoms with van der Waals surface area (Å²) >= 11 is 0. The summed E-state index contributed by atoms with van der Waals surface area (Å²) in [5, 5.41) is 2.73. The molecule has 8 heteroatoms. The highest BCUT2D eigenvalue weighted by Crippen LogP contribution is 2.14. The van der Waals surface area contributed by atoms with Gasteiger partial charge in [0.15, 0.2) is 0 Å². The van der Waals surface area contributed by atoms with E-state index in [1.54, 1.807) is 6.07 Å². The fourth-order valence-corrected chi connectivity index (χ4v) is 3.37. The summed E-state index contributed by atoms with van der Waals surface area (Å²) in [6.45, 7) is 0.466. The van der Waals surface area contributed by atoms with Gasteiger partial charge in [-0.05, 0) is 43.9 Å². The molecule has 0 radical (unpaired) electrons. The number of anilines is 1. The second kappa shape index (κ2) is 8.19. The summed E-state index contributed by atoms with van der Waals surface area (Å²) in [5.74, 6) is -0.406. The number of nitrogens with one attached hydrogen (secondary N) is 1. The Kier molecular flexibility index (Phi) is 6.24. The van der Waals surface area contributed by atoms with E-state index in [-0.39, 0.29) is 11.4 Å². The number of rotatable bonds is 7. The van der Waals surface area contributed by atoms with Crippen LogP contribution in [0.1, 0.15) is 5.56 Å². The first-order chi connectivity index (χ1) is 11.8. The Hall–Kier alpha value is -2.29. The lowest BCUT2D eigenvalue weighted by atomic mass is 10.2. The van der Waals surface area contributed by atoms with E-state index < -0.39 is 15.9 Å². The van der Waals surface area contributed by atoms with Crippen molar-refractivity contribution in [2.45, 2.75) is 11.4 Å². The highest BCUT2D eigenvalue weighted by Gasteiger charge is 2.23. The SMILES string of the molecule is CN(C)Cc1cccc(NC(=O)CN(C)S(=O)(=O)c2cccnc2)c1. The lowest BCUT2D eigenvalue weighted by Crippen LogP contribution is -2.35. The van der Waals surface area contributed by atoms with Gasteiger partial charge in [-0.25, -0.2) is 8.42 Å². The molecule has 0 bridgehead atoms. The number of hydrogen-bond acceptors (Lipinski definition) is 5. The Morgan fingerprint density at radius 1 is 1.16 bits per heavy atom. The number of aromatic nitrogens is 1. The number of pyridine rings is 1. The molecule has 0 atom stereocenters. The zero-order valence-corrected chi connectivity index (χ0v) is 15.3. The fraction of sp³-hybridized carbons (Fsp3) is 0.294. The molecule has 2 rings (SSSR count). The zero-order valence-electron chi connectivity index (χ0n) is 14.5. The Bertz CT molecular complexity index is 823. The number of hydrogen-bond donors (Lipinski definition) is 1. The van der Waals surface area contributed by atoms with Crippen LogP contribution in [0.15, 0.2) is 53.7 Å².